The van der Waals surface area contributed by atoms with Crippen molar-refractivity contribution in [1.82, 2.24) is 56.4 Å². The van der Waals surface area contributed by atoms with E-state index in [9.17, 15) is 72.9 Å². The summed E-state index contributed by atoms with van der Waals surface area (Å²) in [6.07, 6.45) is 6.09. The molecule has 6 aliphatic heterocycles. The fraction of sp³-hybridized carbons (Fsp3) is 0.679. The Kier molecular flexibility index (Phi) is 21.9. The molecular formula is C56H83N12O15+. The first-order valence-electron chi connectivity index (χ1n) is 29.3. The van der Waals surface area contributed by atoms with Gasteiger partial charge in [0.05, 0.1) is 19.7 Å². The maximum atomic E-state index is 14.4. The zero-order chi connectivity index (χ0) is 60.2. The first kappa shape index (κ1) is 63.2. The van der Waals surface area contributed by atoms with Gasteiger partial charge in [0, 0.05) is 52.0 Å². The Morgan fingerprint density at radius 1 is 0.530 bits per heavy atom. The van der Waals surface area contributed by atoms with Gasteiger partial charge in [0.1, 0.15) is 66.2 Å². The largest absolute Gasteiger partial charge is 0.508 e. The minimum atomic E-state index is -1.56. The highest BCUT2D eigenvalue weighted by Gasteiger charge is 2.48. The number of carboxylic acids is 1. The second kappa shape index (κ2) is 28.7. The Bertz CT molecular complexity index is 2600. The molecule has 0 saturated carbocycles. The van der Waals surface area contributed by atoms with Gasteiger partial charge in [-0.25, -0.2) is 0 Å². The quantitative estimate of drug-likeness (QED) is 0.0505. The van der Waals surface area contributed by atoms with Crippen LogP contribution in [0.5, 0.6) is 5.75 Å². The smallest absolute Gasteiger partial charge is 0.325 e. The fourth-order valence-corrected chi connectivity index (χ4v) is 12.2. The lowest BCUT2D eigenvalue weighted by atomic mass is 10.0. The second-order valence-corrected chi connectivity index (χ2v) is 23.2. The summed E-state index contributed by atoms with van der Waals surface area (Å²) >= 11 is 0. The minimum absolute atomic E-state index is 0.0366. The van der Waals surface area contributed by atoms with E-state index in [1.807, 2.05) is 19.2 Å². The van der Waals surface area contributed by atoms with Crippen LogP contribution in [0.25, 0.3) is 0 Å². The van der Waals surface area contributed by atoms with Gasteiger partial charge in [-0.3, -0.25) is 57.5 Å². The van der Waals surface area contributed by atoms with E-state index < -0.39 is 127 Å². The van der Waals surface area contributed by atoms with Crippen molar-refractivity contribution in [2.45, 2.75) is 184 Å². The molecule has 11 N–H and O–H groups in total. The van der Waals surface area contributed by atoms with Crippen LogP contribution >= 0.6 is 0 Å². The van der Waals surface area contributed by atoms with Crippen LogP contribution in [0.2, 0.25) is 0 Å². The van der Waals surface area contributed by atoms with Gasteiger partial charge in [0.2, 0.25) is 59.1 Å². The molecule has 6 fully saturated rings. The van der Waals surface area contributed by atoms with Gasteiger partial charge in [0.25, 0.3) is 5.91 Å². The molecule has 1 aromatic rings. The summed E-state index contributed by atoms with van der Waals surface area (Å²) in [7, 11) is 0. The Labute approximate surface area is 482 Å². The van der Waals surface area contributed by atoms with Crippen LogP contribution in [0.4, 0.5) is 0 Å². The number of aliphatic hydroxyl groups is 1. The van der Waals surface area contributed by atoms with Crippen molar-refractivity contribution < 1.29 is 78.2 Å². The molecule has 7 rings (SSSR count). The Hall–Kier alpha value is -7.42. The number of likely N-dealkylation sites (tertiary alicyclic amines) is 5. The number of nitrogens with two attached hydrogens (primary N) is 1. The Morgan fingerprint density at radius 2 is 1.02 bits per heavy atom. The van der Waals surface area contributed by atoms with Gasteiger partial charge in [-0.1, -0.05) is 26.0 Å². The number of hydrogen-bond acceptors (Lipinski definition) is 14. The summed E-state index contributed by atoms with van der Waals surface area (Å²) in [6, 6.07) is -5.37. The van der Waals surface area contributed by atoms with Crippen LogP contribution in [0.3, 0.4) is 0 Å². The van der Waals surface area contributed by atoms with Crippen LogP contribution in [0.15, 0.2) is 24.3 Å². The summed E-state index contributed by atoms with van der Waals surface area (Å²) in [4.78, 5) is 170. The van der Waals surface area contributed by atoms with Crippen molar-refractivity contribution in [2.75, 3.05) is 52.4 Å². The predicted octanol–water partition coefficient (Wildman–Crippen LogP) is -3.68. The minimum Gasteiger partial charge on any atom is -0.508 e. The SMILES string of the molecule is CC(C)C[C@H](NC(=O)[C@@H]1CCCN1C(=O)[C@@H]1CCCN1C(=O)[C@@H]1CCCN1C(=O)[C@@H]1CCC[NH2+]1)C(=O)N1CCC[C@H]1C(=O)N[C@@H](CO)C(=O)NCC(=O)N1CCC[C@H]1C(=O)N[C@@H](C)C(=O)N[C@@H](Cc1ccc(O)cc1)C(=O)N[C@@H](C)C(=O)O. The van der Waals surface area contributed by atoms with Crippen molar-refractivity contribution in [3.63, 3.8) is 0 Å². The molecule has 0 bridgehead atoms. The van der Waals surface area contributed by atoms with Gasteiger partial charge in [-0.05, 0) is 108 Å². The first-order chi connectivity index (χ1) is 39.6. The molecule has 0 aliphatic carbocycles. The highest BCUT2D eigenvalue weighted by molar-refractivity contribution is 5.99. The average molecular weight is 1160 g/mol. The summed E-state index contributed by atoms with van der Waals surface area (Å²) in [6.45, 7) is 7.09. The van der Waals surface area contributed by atoms with E-state index in [0.29, 0.717) is 70.0 Å². The molecule has 0 unspecified atom stereocenters. The number of nitrogens with one attached hydrogen (secondary N) is 6. The maximum Gasteiger partial charge on any atom is 0.325 e. The van der Waals surface area contributed by atoms with Gasteiger partial charge >= 0.3 is 5.97 Å². The van der Waals surface area contributed by atoms with Crippen LogP contribution < -0.4 is 37.2 Å². The Morgan fingerprint density at radius 3 is 1.57 bits per heavy atom. The molecule has 0 aromatic heterocycles. The average Bonchev–Trinajstić information content (AvgIpc) is 3.88. The monoisotopic (exact) mass is 1160 g/mol. The molecule has 6 saturated heterocycles. The van der Waals surface area contributed by atoms with E-state index in [4.69, 9.17) is 0 Å². The number of carboxylic acid groups (broad SMARTS) is 1. The molecule has 27 nitrogen and oxygen atoms in total. The summed E-state index contributed by atoms with van der Waals surface area (Å²) in [5.41, 5.74) is 0.527. The molecule has 83 heavy (non-hydrogen) atoms. The molecular weight excluding hydrogens is 1080 g/mol. The molecule has 11 atom stereocenters. The zero-order valence-electron chi connectivity index (χ0n) is 47.8. The van der Waals surface area contributed by atoms with E-state index in [1.54, 1.807) is 9.80 Å². The van der Waals surface area contributed by atoms with Crippen LogP contribution in [-0.4, -0.2) is 230 Å². The van der Waals surface area contributed by atoms with Gasteiger partial charge in [-0.2, -0.15) is 0 Å². The number of hydrogen-bond donors (Lipinski definition) is 10. The lowest BCUT2D eigenvalue weighted by Crippen LogP contribution is -2.89. The van der Waals surface area contributed by atoms with Crippen molar-refractivity contribution >= 4 is 70.9 Å². The van der Waals surface area contributed by atoms with E-state index in [0.717, 1.165) is 19.4 Å². The number of phenolic OH excluding ortho intramolecular Hbond substituents is 1. The number of phenols is 1. The molecule has 6 heterocycles. The van der Waals surface area contributed by atoms with Crippen molar-refractivity contribution in [3.05, 3.63) is 29.8 Å². The molecule has 27 heteroatoms. The number of rotatable bonds is 23. The third kappa shape index (κ3) is 15.6. The Balaban J connectivity index is 0.901. The third-order valence-corrected chi connectivity index (χ3v) is 16.7. The van der Waals surface area contributed by atoms with Gasteiger partial charge in [-0.15, -0.1) is 0 Å². The van der Waals surface area contributed by atoms with E-state index >= 15 is 0 Å². The highest BCUT2D eigenvalue weighted by atomic mass is 16.4. The zero-order valence-corrected chi connectivity index (χ0v) is 47.8. The third-order valence-electron chi connectivity index (χ3n) is 16.7. The molecule has 456 valence electrons. The van der Waals surface area contributed by atoms with Crippen LogP contribution in [-0.2, 0) is 64.0 Å². The summed E-state index contributed by atoms with van der Waals surface area (Å²) in [5, 5.41) is 46.5. The number of aromatic hydroxyl groups is 1. The number of carbonyl (C=O) groups is 12. The molecule has 6 aliphatic rings. The fourth-order valence-electron chi connectivity index (χ4n) is 12.2. The van der Waals surface area contributed by atoms with Crippen molar-refractivity contribution in [1.29, 1.82) is 0 Å². The molecule has 11 amide bonds. The van der Waals surface area contributed by atoms with Crippen molar-refractivity contribution in [3.8, 4) is 5.75 Å². The first-order valence-corrected chi connectivity index (χ1v) is 29.3. The number of carbonyl (C=O) groups excluding carboxylic acids is 11. The maximum absolute atomic E-state index is 14.4. The number of aliphatic hydroxyl groups excluding tert-OH is 1. The van der Waals surface area contributed by atoms with Crippen LogP contribution in [0.1, 0.15) is 117 Å². The number of aliphatic carboxylic acids is 1. The van der Waals surface area contributed by atoms with E-state index in [2.05, 4.69) is 31.9 Å². The highest BCUT2D eigenvalue weighted by Crippen LogP contribution is 2.30. The summed E-state index contributed by atoms with van der Waals surface area (Å²) in [5.74, 6) is -7.84. The standard InChI is InChI=1S/C56H82N12O15/c1-31(2)27-38(62-50(76)42-14-8-24-66(42)54(80)44-16-10-26-68(44)55(81)43-15-9-25-67(43)52(78)36-11-5-21-57-36)53(79)65-23-7-13-41(65)51(77)63-39(30-69)47(73)58-29-45(71)64-22-6-12-40(64)49(75)59-32(3)46(72)61-37(48(74)60-33(4)56(82)83)28-34-17-19-35(70)20-18-34/h17-20,31-33,36-44,57,69-70H,5-16,21-30H2,1-4H3,(H,58,73)(H,59,75)(H,60,74)(H,61,72)(H,62,76)(H,63,77)(H,82,83)/p+1/t32-,33-,36-,37-,38-,39-,40-,41-,42-,43-,44-/m0/s1. The normalized spacial score (nSPS) is 24.1. The molecule has 0 spiro atoms. The van der Waals surface area contributed by atoms with E-state index in [-0.39, 0.29) is 80.7 Å². The van der Waals surface area contributed by atoms with Gasteiger partial charge < -0.3 is 77.0 Å². The van der Waals surface area contributed by atoms with Gasteiger partial charge in [0.15, 0.2) is 6.04 Å². The summed E-state index contributed by atoms with van der Waals surface area (Å²) < 4.78 is 0. The van der Waals surface area contributed by atoms with E-state index in [1.165, 1.54) is 52.8 Å². The lowest BCUT2D eigenvalue weighted by molar-refractivity contribution is -0.658. The number of quaternary nitrogens is 1. The second-order valence-electron chi connectivity index (χ2n) is 23.2. The van der Waals surface area contributed by atoms with Crippen LogP contribution in [0, 0.1) is 5.92 Å². The lowest BCUT2D eigenvalue weighted by Gasteiger charge is -2.35. The number of amides is 11. The molecule has 0 radical (unpaired) electrons. The van der Waals surface area contributed by atoms with Crippen molar-refractivity contribution in [2.24, 2.45) is 5.92 Å². The predicted molar refractivity (Wildman–Crippen MR) is 293 cm³/mol. The number of benzene rings is 1. The topological polar surface area (TPSA) is 371 Å². The number of nitrogens with zero attached hydrogens (tertiary/aromatic N) is 5. The molecule has 1 aromatic carbocycles.